The van der Waals surface area contributed by atoms with E-state index >= 15 is 0 Å². The van der Waals surface area contributed by atoms with Gasteiger partial charge in [0.15, 0.2) is 5.58 Å². The van der Waals surface area contributed by atoms with Gasteiger partial charge < -0.3 is 13.7 Å². The first-order valence-electron chi connectivity index (χ1n) is 18.0. The van der Waals surface area contributed by atoms with Gasteiger partial charge in [-0.15, -0.1) is 0 Å². The van der Waals surface area contributed by atoms with Gasteiger partial charge in [0, 0.05) is 38.3 Å². The summed E-state index contributed by atoms with van der Waals surface area (Å²) < 4.78 is 13.4. The van der Waals surface area contributed by atoms with Crippen LogP contribution < -0.4 is 4.90 Å². The third kappa shape index (κ3) is 4.75. The second-order valence-corrected chi connectivity index (χ2v) is 13.7. The largest absolute Gasteiger partial charge is 0.455 e. The molecule has 2 heterocycles. The van der Waals surface area contributed by atoms with E-state index in [2.05, 4.69) is 181 Å². The lowest BCUT2D eigenvalue weighted by atomic mass is 10.0. The van der Waals surface area contributed by atoms with Crippen molar-refractivity contribution in [2.24, 2.45) is 0 Å². The summed E-state index contributed by atoms with van der Waals surface area (Å²) in [7, 11) is 0. The molecule has 3 heteroatoms. The molecule has 11 aromatic rings. The van der Waals surface area contributed by atoms with E-state index in [9.17, 15) is 0 Å². The molecule has 0 radical (unpaired) electrons. The molecule has 0 fully saturated rings. The molecule has 11 rings (SSSR count). The number of rotatable bonds is 5. The van der Waals surface area contributed by atoms with Crippen LogP contribution in [0.25, 0.3) is 87.7 Å². The van der Waals surface area contributed by atoms with Crippen LogP contribution in [0.2, 0.25) is 0 Å². The normalized spacial score (nSPS) is 11.8. The van der Waals surface area contributed by atoms with Crippen LogP contribution in [0.3, 0.4) is 0 Å². The molecule has 3 nitrogen and oxygen atoms in total. The molecule has 0 bridgehead atoms. The molecule has 248 valence electrons. The second-order valence-electron chi connectivity index (χ2n) is 13.7. The first-order chi connectivity index (χ1) is 26.3. The standard InChI is InChI=1S/C50H31NO2/c1-2-9-32(10-3-1)34-19-24-39(25-20-34)51(40-26-21-35(22-27-40)38-18-17-33-11-4-5-13-37(33)31-38)44-16-8-15-42-47-46(53-50(42)44)30-29-45-48(47)43-28-23-36-12-6-7-14-41(36)49(43)52-45/h1-31H. The SMILES string of the molecule is c1ccc(-c2ccc(N(c3ccc(-c4ccc5ccccc5c4)cc3)c3cccc4c3oc3ccc5oc6c7ccccc7ccc6c5c34)cc2)cc1. The molecule has 0 N–H and O–H groups in total. The van der Waals surface area contributed by atoms with Crippen LogP contribution in [0.1, 0.15) is 0 Å². The van der Waals surface area contributed by atoms with Crippen molar-refractivity contribution in [3.05, 3.63) is 188 Å². The summed E-state index contributed by atoms with van der Waals surface area (Å²) in [5, 5.41) is 9.05. The highest BCUT2D eigenvalue weighted by molar-refractivity contribution is 6.29. The number of fused-ring (bicyclic) bond motifs is 10. The molecule has 0 aliphatic heterocycles. The zero-order valence-corrected chi connectivity index (χ0v) is 28.7. The number of hydrogen-bond acceptors (Lipinski definition) is 3. The molecular weight excluding hydrogens is 647 g/mol. The smallest absolute Gasteiger partial charge is 0.159 e. The number of nitrogens with zero attached hydrogens (tertiary/aromatic N) is 1. The Kier molecular flexibility index (Phi) is 6.55. The average Bonchev–Trinajstić information content (AvgIpc) is 3.81. The molecule has 0 amide bonds. The Labute approximate surface area is 305 Å². The number of benzene rings is 9. The van der Waals surface area contributed by atoms with Gasteiger partial charge in [0.2, 0.25) is 0 Å². The summed E-state index contributed by atoms with van der Waals surface area (Å²) in [5.74, 6) is 0. The highest BCUT2D eigenvalue weighted by Crippen LogP contribution is 2.46. The van der Waals surface area contributed by atoms with Gasteiger partial charge in [-0.3, -0.25) is 0 Å². The maximum atomic E-state index is 6.87. The molecule has 9 aromatic carbocycles. The van der Waals surface area contributed by atoms with Crippen molar-refractivity contribution in [3.63, 3.8) is 0 Å². The fourth-order valence-corrected chi connectivity index (χ4v) is 8.08. The van der Waals surface area contributed by atoms with Crippen LogP contribution in [0.4, 0.5) is 17.1 Å². The van der Waals surface area contributed by atoms with Gasteiger partial charge in [-0.1, -0.05) is 133 Å². The fourth-order valence-electron chi connectivity index (χ4n) is 8.08. The quantitative estimate of drug-likeness (QED) is 0.182. The highest BCUT2D eigenvalue weighted by atomic mass is 16.3. The molecule has 0 spiro atoms. The Morgan fingerprint density at radius 1 is 0.321 bits per heavy atom. The molecule has 0 atom stereocenters. The molecule has 53 heavy (non-hydrogen) atoms. The Hall–Kier alpha value is -7.10. The Balaban J connectivity index is 1.10. The minimum atomic E-state index is 0.830. The molecular formula is C50H31NO2. The van der Waals surface area contributed by atoms with Crippen molar-refractivity contribution in [3.8, 4) is 22.3 Å². The van der Waals surface area contributed by atoms with Gasteiger partial charge >= 0.3 is 0 Å². The van der Waals surface area contributed by atoms with Crippen molar-refractivity contribution in [1.29, 1.82) is 0 Å². The number of anilines is 3. The second kappa shape index (κ2) is 11.7. The van der Waals surface area contributed by atoms with E-state index < -0.39 is 0 Å². The van der Waals surface area contributed by atoms with E-state index in [1.54, 1.807) is 0 Å². The molecule has 0 aliphatic carbocycles. The van der Waals surface area contributed by atoms with Gasteiger partial charge in [0.1, 0.15) is 16.7 Å². The molecule has 2 aromatic heterocycles. The average molecular weight is 678 g/mol. The van der Waals surface area contributed by atoms with Crippen molar-refractivity contribution < 1.29 is 8.83 Å². The molecule has 0 unspecified atom stereocenters. The van der Waals surface area contributed by atoms with E-state index in [0.717, 1.165) is 71.7 Å². The van der Waals surface area contributed by atoms with Crippen LogP contribution in [0.5, 0.6) is 0 Å². The monoisotopic (exact) mass is 677 g/mol. The summed E-state index contributed by atoms with van der Waals surface area (Å²) in [6, 6.07) is 66.7. The molecule has 0 saturated carbocycles. The van der Waals surface area contributed by atoms with E-state index in [1.165, 1.54) is 33.0 Å². The van der Waals surface area contributed by atoms with Crippen molar-refractivity contribution in [1.82, 2.24) is 0 Å². The predicted molar refractivity (Wildman–Crippen MR) is 222 cm³/mol. The first-order valence-corrected chi connectivity index (χ1v) is 18.0. The zero-order valence-electron chi connectivity index (χ0n) is 28.7. The third-order valence-electron chi connectivity index (χ3n) is 10.6. The molecule has 0 aliphatic rings. The Morgan fingerprint density at radius 2 is 0.849 bits per heavy atom. The van der Waals surface area contributed by atoms with Crippen molar-refractivity contribution >= 4 is 82.5 Å². The summed E-state index contributed by atoms with van der Waals surface area (Å²) in [5.41, 5.74) is 11.2. The van der Waals surface area contributed by atoms with E-state index in [-0.39, 0.29) is 0 Å². The summed E-state index contributed by atoms with van der Waals surface area (Å²) in [6.07, 6.45) is 0. The first kappa shape index (κ1) is 29.6. The minimum Gasteiger partial charge on any atom is -0.455 e. The van der Waals surface area contributed by atoms with Crippen LogP contribution in [0.15, 0.2) is 197 Å². The maximum absolute atomic E-state index is 6.87. The van der Waals surface area contributed by atoms with E-state index in [4.69, 9.17) is 8.83 Å². The van der Waals surface area contributed by atoms with E-state index in [1.807, 2.05) is 12.1 Å². The van der Waals surface area contributed by atoms with Crippen molar-refractivity contribution in [2.75, 3.05) is 4.90 Å². The van der Waals surface area contributed by atoms with Gasteiger partial charge in [0.25, 0.3) is 0 Å². The topological polar surface area (TPSA) is 29.5 Å². The predicted octanol–water partition coefficient (Wildman–Crippen LogP) is 14.6. The van der Waals surface area contributed by atoms with Gasteiger partial charge in [-0.05, 0) is 93.0 Å². The Bertz CT molecular complexity index is 3150. The lowest BCUT2D eigenvalue weighted by Crippen LogP contribution is -2.10. The highest BCUT2D eigenvalue weighted by Gasteiger charge is 2.22. The Morgan fingerprint density at radius 3 is 1.58 bits per heavy atom. The maximum Gasteiger partial charge on any atom is 0.159 e. The zero-order chi connectivity index (χ0) is 34.9. The van der Waals surface area contributed by atoms with Crippen LogP contribution >= 0.6 is 0 Å². The van der Waals surface area contributed by atoms with Crippen LogP contribution in [-0.4, -0.2) is 0 Å². The van der Waals surface area contributed by atoms with Crippen LogP contribution in [-0.2, 0) is 0 Å². The fraction of sp³-hybridized carbons (Fsp3) is 0. The van der Waals surface area contributed by atoms with E-state index in [0.29, 0.717) is 0 Å². The number of para-hydroxylation sites is 1. The van der Waals surface area contributed by atoms with Crippen LogP contribution in [0, 0.1) is 0 Å². The summed E-state index contributed by atoms with van der Waals surface area (Å²) in [4.78, 5) is 2.31. The summed E-state index contributed by atoms with van der Waals surface area (Å²) >= 11 is 0. The van der Waals surface area contributed by atoms with Gasteiger partial charge in [-0.2, -0.15) is 0 Å². The van der Waals surface area contributed by atoms with Gasteiger partial charge in [0.05, 0.1) is 5.69 Å². The summed E-state index contributed by atoms with van der Waals surface area (Å²) in [6.45, 7) is 0. The van der Waals surface area contributed by atoms with Crippen molar-refractivity contribution in [2.45, 2.75) is 0 Å². The lowest BCUT2D eigenvalue weighted by molar-refractivity contribution is 0.664. The minimum absolute atomic E-state index is 0.830. The number of furan rings is 2. The third-order valence-corrected chi connectivity index (χ3v) is 10.6. The molecule has 0 saturated heterocycles. The van der Waals surface area contributed by atoms with Gasteiger partial charge in [-0.25, -0.2) is 0 Å². The lowest BCUT2D eigenvalue weighted by Gasteiger charge is -2.26. The number of hydrogen-bond donors (Lipinski definition) is 0.